The van der Waals surface area contributed by atoms with Crippen LogP contribution >= 0.6 is 23.2 Å². The van der Waals surface area contributed by atoms with Crippen LogP contribution in [0, 0.1) is 0 Å². The smallest absolute Gasteiger partial charge is 0.0637 e. The van der Waals surface area contributed by atoms with Crippen molar-refractivity contribution in [2.45, 2.75) is 51.1 Å². The Labute approximate surface area is 138 Å². The van der Waals surface area contributed by atoms with Gasteiger partial charge in [-0.05, 0) is 51.0 Å². The zero-order valence-corrected chi connectivity index (χ0v) is 14.4. The van der Waals surface area contributed by atoms with Crippen LogP contribution in [-0.2, 0) is 6.54 Å². The number of nitrogens with zero attached hydrogens (tertiary/aromatic N) is 1. The average molecular weight is 329 g/mol. The topological polar surface area (TPSA) is 15.3 Å². The first-order chi connectivity index (χ1) is 10.2. The molecule has 0 amide bonds. The molecule has 1 aromatic rings. The largest absolute Gasteiger partial charge is 0.313 e. The number of hydrogen-bond acceptors (Lipinski definition) is 2. The molecule has 1 aliphatic rings. The van der Waals surface area contributed by atoms with Crippen molar-refractivity contribution in [3.63, 3.8) is 0 Å². The summed E-state index contributed by atoms with van der Waals surface area (Å²) in [6.07, 6.45) is 8.16. The van der Waals surface area contributed by atoms with Gasteiger partial charge in [-0.3, -0.25) is 0 Å². The summed E-state index contributed by atoms with van der Waals surface area (Å²) in [5.41, 5.74) is 1.07. The van der Waals surface area contributed by atoms with Crippen LogP contribution in [0.15, 0.2) is 18.2 Å². The first-order valence-electron chi connectivity index (χ1n) is 8.02. The zero-order chi connectivity index (χ0) is 15.1. The van der Waals surface area contributed by atoms with E-state index in [0.717, 1.165) is 24.7 Å². The lowest BCUT2D eigenvalue weighted by atomic mass is 9.94. The van der Waals surface area contributed by atoms with Crippen LogP contribution < -0.4 is 5.32 Å². The molecule has 1 aliphatic carbocycles. The molecule has 21 heavy (non-hydrogen) atoms. The van der Waals surface area contributed by atoms with Gasteiger partial charge in [0, 0.05) is 12.6 Å². The molecular weight excluding hydrogens is 303 g/mol. The SMILES string of the molecule is CN(CCCNCc1cccc(Cl)c1Cl)C1CCCCC1. The van der Waals surface area contributed by atoms with E-state index in [1.807, 2.05) is 18.2 Å². The Hall–Kier alpha value is -0.280. The minimum absolute atomic E-state index is 0.632. The molecule has 0 spiro atoms. The van der Waals surface area contributed by atoms with Crippen molar-refractivity contribution in [3.05, 3.63) is 33.8 Å². The molecule has 0 atom stereocenters. The lowest BCUT2D eigenvalue weighted by Gasteiger charge is -2.31. The van der Waals surface area contributed by atoms with Crippen molar-refractivity contribution in [2.75, 3.05) is 20.1 Å². The molecule has 0 radical (unpaired) electrons. The van der Waals surface area contributed by atoms with Crippen LogP contribution in [0.1, 0.15) is 44.1 Å². The summed E-state index contributed by atoms with van der Waals surface area (Å²) < 4.78 is 0. The van der Waals surface area contributed by atoms with Crippen LogP contribution in [0.4, 0.5) is 0 Å². The summed E-state index contributed by atoms with van der Waals surface area (Å²) in [5, 5.41) is 4.76. The van der Waals surface area contributed by atoms with Crippen molar-refractivity contribution in [2.24, 2.45) is 0 Å². The van der Waals surface area contributed by atoms with Gasteiger partial charge >= 0.3 is 0 Å². The molecule has 0 aliphatic heterocycles. The van der Waals surface area contributed by atoms with Crippen molar-refractivity contribution < 1.29 is 0 Å². The van der Waals surface area contributed by atoms with Gasteiger partial charge in [-0.1, -0.05) is 54.6 Å². The number of halogens is 2. The summed E-state index contributed by atoms with van der Waals surface area (Å²) >= 11 is 12.2. The molecule has 2 rings (SSSR count). The highest BCUT2D eigenvalue weighted by Gasteiger charge is 2.17. The molecule has 4 heteroatoms. The second-order valence-electron chi connectivity index (χ2n) is 6.02. The van der Waals surface area contributed by atoms with E-state index in [2.05, 4.69) is 17.3 Å². The van der Waals surface area contributed by atoms with E-state index >= 15 is 0 Å². The zero-order valence-electron chi connectivity index (χ0n) is 12.9. The van der Waals surface area contributed by atoms with Gasteiger partial charge in [-0.15, -0.1) is 0 Å². The number of hydrogen-bond donors (Lipinski definition) is 1. The maximum Gasteiger partial charge on any atom is 0.0637 e. The Bertz CT molecular complexity index is 431. The highest BCUT2D eigenvalue weighted by atomic mass is 35.5. The summed E-state index contributed by atoms with van der Waals surface area (Å²) in [6.45, 7) is 2.97. The van der Waals surface area contributed by atoms with Crippen molar-refractivity contribution >= 4 is 23.2 Å². The molecule has 0 bridgehead atoms. The Morgan fingerprint density at radius 3 is 2.71 bits per heavy atom. The first kappa shape index (κ1) is 17.1. The van der Waals surface area contributed by atoms with Crippen LogP contribution in [0.2, 0.25) is 10.0 Å². The van der Waals surface area contributed by atoms with Crippen molar-refractivity contribution in [3.8, 4) is 0 Å². The van der Waals surface area contributed by atoms with E-state index in [0.29, 0.717) is 10.0 Å². The number of nitrogens with one attached hydrogen (secondary N) is 1. The van der Waals surface area contributed by atoms with Gasteiger partial charge in [0.05, 0.1) is 10.0 Å². The molecule has 1 saturated carbocycles. The fourth-order valence-electron chi connectivity index (χ4n) is 3.07. The van der Waals surface area contributed by atoms with E-state index < -0.39 is 0 Å². The first-order valence-corrected chi connectivity index (χ1v) is 8.78. The number of benzene rings is 1. The van der Waals surface area contributed by atoms with Crippen LogP contribution in [0.25, 0.3) is 0 Å². The van der Waals surface area contributed by atoms with Gasteiger partial charge in [0.25, 0.3) is 0 Å². The van der Waals surface area contributed by atoms with Gasteiger partial charge in [0.1, 0.15) is 0 Å². The minimum Gasteiger partial charge on any atom is -0.313 e. The van der Waals surface area contributed by atoms with Crippen molar-refractivity contribution in [1.29, 1.82) is 0 Å². The Kier molecular flexibility index (Phi) is 7.31. The van der Waals surface area contributed by atoms with E-state index in [9.17, 15) is 0 Å². The molecule has 0 saturated heterocycles. The third-order valence-electron chi connectivity index (χ3n) is 4.41. The fourth-order valence-corrected chi connectivity index (χ4v) is 3.45. The maximum absolute atomic E-state index is 6.18. The lowest BCUT2D eigenvalue weighted by Crippen LogP contribution is -2.35. The second-order valence-corrected chi connectivity index (χ2v) is 6.80. The third-order valence-corrected chi connectivity index (χ3v) is 5.27. The fraction of sp³-hybridized carbons (Fsp3) is 0.647. The van der Waals surface area contributed by atoms with Gasteiger partial charge in [-0.2, -0.15) is 0 Å². The second kappa shape index (κ2) is 8.99. The molecule has 118 valence electrons. The summed E-state index contributed by atoms with van der Waals surface area (Å²) in [6, 6.07) is 6.60. The van der Waals surface area contributed by atoms with Crippen LogP contribution in [0.3, 0.4) is 0 Å². The average Bonchev–Trinajstić information content (AvgIpc) is 2.51. The molecule has 0 aromatic heterocycles. The predicted octanol–water partition coefficient (Wildman–Crippen LogP) is 4.74. The highest BCUT2D eigenvalue weighted by Crippen LogP contribution is 2.25. The predicted molar refractivity (Wildman–Crippen MR) is 92.3 cm³/mol. The van der Waals surface area contributed by atoms with E-state index in [1.54, 1.807) is 0 Å². The highest BCUT2D eigenvalue weighted by molar-refractivity contribution is 6.42. The molecule has 1 N–H and O–H groups in total. The Morgan fingerprint density at radius 2 is 1.95 bits per heavy atom. The molecule has 1 fully saturated rings. The molecule has 0 unspecified atom stereocenters. The van der Waals surface area contributed by atoms with Gasteiger partial charge < -0.3 is 10.2 Å². The molecule has 1 aromatic carbocycles. The quantitative estimate of drug-likeness (QED) is 0.727. The van der Waals surface area contributed by atoms with Gasteiger partial charge in [0.2, 0.25) is 0 Å². The molecule has 2 nitrogen and oxygen atoms in total. The summed E-state index contributed by atoms with van der Waals surface area (Å²) in [7, 11) is 2.27. The van der Waals surface area contributed by atoms with Crippen molar-refractivity contribution in [1.82, 2.24) is 10.2 Å². The summed E-state index contributed by atoms with van der Waals surface area (Å²) in [5.74, 6) is 0. The van der Waals surface area contributed by atoms with Gasteiger partial charge in [0.15, 0.2) is 0 Å². The molecular formula is C17H26Cl2N2. The summed E-state index contributed by atoms with van der Waals surface area (Å²) in [4.78, 5) is 2.53. The van der Waals surface area contributed by atoms with Crippen LogP contribution in [-0.4, -0.2) is 31.1 Å². The maximum atomic E-state index is 6.18. The Balaban J connectivity index is 1.62. The Morgan fingerprint density at radius 1 is 1.19 bits per heavy atom. The van der Waals surface area contributed by atoms with E-state index in [-0.39, 0.29) is 0 Å². The lowest BCUT2D eigenvalue weighted by molar-refractivity contribution is 0.189. The standard InChI is InChI=1S/C17H26Cl2N2/c1-21(15-8-3-2-4-9-15)12-6-11-20-13-14-7-5-10-16(18)17(14)19/h5,7,10,15,20H,2-4,6,8-9,11-13H2,1H3. The minimum atomic E-state index is 0.632. The van der Waals surface area contributed by atoms with Crippen LogP contribution in [0.5, 0.6) is 0 Å². The van der Waals surface area contributed by atoms with E-state index in [1.165, 1.54) is 45.1 Å². The third kappa shape index (κ3) is 5.45. The normalized spacial score (nSPS) is 16.6. The van der Waals surface area contributed by atoms with E-state index in [4.69, 9.17) is 23.2 Å². The monoisotopic (exact) mass is 328 g/mol. The van der Waals surface area contributed by atoms with Gasteiger partial charge in [-0.25, -0.2) is 0 Å². The number of rotatable bonds is 7. The molecule has 0 heterocycles.